The fourth-order valence-corrected chi connectivity index (χ4v) is 4.24. The normalized spacial score (nSPS) is 18.2. The molecule has 4 rings (SSSR count). The van der Waals surface area contributed by atoms with E-state index in [2.05, 4.69) is 10.5 Å². The lowest BCUT2D eigenvalue weighted by Gasteiger charge is -2.36. The second-order valence-electron chi connectivity index (χ2n) is 7.94. The van der Waals surface area contributed by atoms with Crippen molar-refractivity contribution >= 4 is 11.8 Å². The molecule has 0 aliphatic carbocycles. The third-order valence-corrected chi connectivity index (χ3v) is 5.81. The highest BCUT2D eigenvalue weighted by molar-refractivity contribution is 5.99. The molecule has 0 radical (unpaired) electrons. The van der Waals surface area contributed by atoms with Crippen LogP contribution in [0.15, 0.2) is 71.3 Å². The Kier molecular flexibility index (Phi) is 6.16. The van der Waals surface area contributed by atoms with Crippen LogP contribution >= 0.6 is 0 Å². The third kappa shape index (κ3) is 4.24. The van der Waals surface area contributed by atoms with E-state index in [0.29, 0.717) is 37.3 Å². The van der Waals surface area contributed by atoms with Crippen molar-refractivity contribution in [1.82, 2.24) is 15.4 Å². The Morgan fingerprint density at radius 3 is 2.52 bits per heavy atom. The van der Waals surface area contributed by atoms with Crippen molar-refractivity contribution in [2.45, 2.75) is 38.1 Å². The van der Waals surface area contributed by atoms with E-state index < -0.39 is 5.54 Å². The first-order valence-electron chi connectivity index (χ1n) is 10.8. The van der Waals surface area contributed by atoms with Crippen molar-refractivity contribution in [3.8, 4) is 11.3 Å². The van der Waals surface area contributed by atoms with Gasteiger partial charge >= 0.3 is 0 Å². The summed E-state index contributed by atoms with van der Waals surface area (Å²) < 4.78 is 5.63. The molecule has 1 aromatic heterocycles. The van der Waals surface area contributed by atoms with Gasteiger partial charge < -0.3 is 14.7 Å². The summed E-state index contributed by atoms with van der Waals surface area (Å²) >= 11 is 0. The fraction of sp³-hybridized carbons (Fsp3) is 0.320. The van der Waals surface area contributed by atoms with Crippen LogP contribution in [-0.4, -0.2) is 40.5 Å². The Hall–Kier alpha value is -3.41. The molecule has 6 nitrogen and oxygen atoms in total. The number of carbonyl (C=O) groups excluding carboxylic acids is 2. The molecule has 6 heteroatoms. The minimum Gasteiger partial charge on any atom is -0.361 e. The molecule has 3 aromatic rings. The number of hydrogen-bond acceptors (Lipinski definition) is 4. The Balaban J connectivity index is 1.66. The summed E-state index contributed by atoms with van der Waals surface area (Å²) in [7, 11) is 0. The summed E-state index contributed by atoms with van der Waals surface area (Å²) in [5.74, 6) is 0.333. The average molecular weight is 418 g/mol. The van der Waals surface area contributed by atoms with Gasteiger partial charge in [0.15, 0.2) is 0 Å². The maximum atomic E-state index is 13.4. The molecular formula is C25H27N3O3. The van der Waals surface area contributed by atoms with Crippen LogP contribution in [0, 0.1) is 0 Å². The summed E-state index contributed by atoms with van der Waals surface area (Å²) in [6, 6.07) is 20.8. The van der Waals surface area contributed by atoms with Crippen LogP contribution in [0.4, 0.5) is 0 Å². The van der Waals surface area contributed by atoms with Gasteiger partial charge in [0.1, 0.15) is 17.0 Å². The first-order chi connectivity index (χ1) is 15.1. The number of hydrogen-bond donors (Lipinski definition) is 1. The van der Waals surface area contributed by atoms with Crippen molar-refractivity contribution in [3.05, 3.63) is 78.1 Å². The molecule has 1 aliphatic heterocycles. The minimum absolute atomic E-state index is 0.131. The lowest BCUT2D eigenvalue weighted by molar-refractivity contribution is -0.131. The van der Waals surface area contributed by atoms with E-state index in [0.717, 1.165) is 24.1 Å². The first kappa shape index (κ1) is 20.8. The van der Waals surface area contributed by atoms with Crippen molar-refractivity contribution in [2.75, 3.05) is 13.1 Å². The van der Waals surface area contributed by atoms with Crippen LogP contribution in [0.25, 0.3) is 11.3 Å². The van der Waals surface area contributed by atoms with Gasteiger partial charge in [-0.2, -0.15) is 0 Å². The smallest absolute Gasteiger partial charge is 0.254 e. The second kappa shape index (κ2) is 9.16. The summed E-state index contributed by atoms with van der Waals surface area (Å²) in [5, 5.41) is 7.21. The van der Waals surface area contributed by atoms with Crippen LogP contribution in [-0.2, 0) is 11.2 Å². The number of amides is 2. The molecule has 0 spiro atoms. The number of aromatic nitrogens is 1. The number of nitrogens with one attached hydrogen (secondary N) is 1. The van der Waals surface area contributed by atoms with Crippen LogP contribution in [0.5, 0.6) is 0 Å². The zero-order chi connectivity index (χ0) is 21.7. The first-order valence-corrected chi connectivity index (χ1v) is 10.8. The van der Waals surface area contributed by atoms with Crippen LogP contribution in [0.3, 0.4) is 0 Å². The topological polar surface area (TPSA) is 75.4 Å². The van der Waals surface area contributed by atoms with Crippen LogP contribution in [0.2, 0.25) is 0 Å². The van der Waals surface area contributed by atoms with Crippen molar-refractivity contribution in [1.29, 1.82) is 0 Å². The highest BCUT2D eigenvalue weighted by Crippen LogP contribution is 2.35. The monoisotopic (exact) mass is 417 g/mol. The van der Waals surface area contributed by atoms with Crippen LogP contribution < -0.4 is 5.32 Å². The number of rotatable bonds is 7. The summed E-state index contributed by atoms with van der Waals surface area (Å²) in [5.41, 5.74) is 1.26. The standard InChI is InChI=1S/C25H27N3O3/c1-2-15-26-24(30)25(14-9-16-28(25)23(29)20-12-7-4-8-13-20)18-21-17-22(27-31-21)19-10-5-3-6-11-19/h3-8,10-13,17H,2,9,14-16,18H2,1H3,(H,26,30)/t25-/m0/s1. The van der Waals surface area contributed by atoms with Gasteiger partial charge in [-0.15, -0.1) is 0 Å². The van der Waals surface area contributed by atoms with E-state index in [9.17, 15) is 9.59 Å². The lowest BCUT2D eigenvalue weighted by Crippen LogP contribution is -2.58. The lowest BCUT2D eigenvalue weighted by atomic mass is 9.88. The molecule has 1 saturated heterocycles. The van der Waals surface area contributed by atoms with Gasteiger partial charge in [-0.25, -0.2) is 0 Å². The second-order valence-corrected chi connectivity index (χ2v) is 7.94. The zero-order valence-corrected chi connectivity index (χ0v) is 17.7. The molecule has 2 aromatic carbocycles. The molecule has 1 fully saturated rings. The van der Waals surface area contributed by atoms with Crippen molar-refractivity contribution < 1.29 is 14.1 Å². The molecule has 0 saturated carbocycles. The van der Waals surface area contributed by atoms with E-state index in [4.69, 9.17) is 4.52 Å². The molecule has 1 aliphatic rings. The SMILES string of the molecule is CCCNC(=O)[C@@]1(Cc2cc(-c3ccccc3)no2)CCCN1C(=O)c1ccccc1. The highest BCUT2D eigenvalue weighted by atomic mass is 16.5. The summed E-state index contributed by atoms with van der Waals surface area (Å²) in [6.45, 7) is 3.11. The van der Waals surface area contributed by atoms with Gasteiger partial charge in [-0.05, 0) is 31.4 Å². The summed E-state index contributed by atoms with van der Waals surface area (Å²) in [6.07, 6.45) is 2.47. The number of likely N-dealkylation sites (tertiary alicyclic amines) is 1. The molecule has 0 unspecified atom stereocenters. The Bertz CT molecular complexity index is 1030. The predicted molar refractivity (Wildman–Crippen MR) is 118 cm³/mol. The van der Waals surface area contributed by atoms with Crippen molar-refractivity contribution in [2.24, 2.45) is 0 Å². The minimum atomic E-state index is -0.990. The van der Waals surface area contributed by atoms with E-state index in [1.807, 2.05) is 61.5 Å². The number of benzene rings is 2. The molecule has 2 heterocycles. The van der Waals surface area contributed by atoms with Gasteiger partial charge in [-0.3, -0.25) is 9.59 Å². The van der Waals surface area contributed by atoms with E-state index >= 15 is 0 Å². The maximum Gasteiger partial charge on any atom is 0.254 e. The van der Waals surface area contributed by atoms with E-state index in [1.165, 1.54) is 0 Å². The Morgan fingerprint density at radius 1 is 1.10 bits per heavy atom. The number of nitrogens with zero attached hydrogens (tertiary/aromatic N) is 2. The average Bonchev–Trinajstić information content (AvgIpc) is 3.46. The van der Waals surface area contributed by atoms with Gasteiger partial charge in [0, 0.05) is 36.7 Å². The molecule has 160 valence electrons. The van der Waals surface area contributed by atoms with E-state index in [-0.39, 0.29) is 11.8 Å². The van der Waals surface area contributed by atoms with Crippen LogP contribution in [0.1, 0.15) is 42.3 Å². The van der Waals surface area contributed by atoms with Gasteiger partial charge in [0.25, 0.3) is 5.91 Å². The van der Waals surface area contributed by atoms with Crippen molar-refractivity contribution in [3.63, 3.8) is 0 Å². The van der Waals surface area contributed by atoms with Gasteiger partial charge in [-0.1, -0.05) is 60.6 Å². The Labute approximate surface area is 182 Å². The molecular weight excluding hydrogens is 390 g/mol. The molecule has 1 N–H and O–H groups in total. The predicted octanol–water partition coefficient (Wildman–Crippen LogP) is 4.09. The molecule has 0 bridgehead atoms. The molecule has 2 amide bonds. The molecule has 31 heavy (non-hydrogen) atoms. The molecule has 1 atom stereocenters. The quantitative estimate of drug-likeness (QED) is 0.628. The van der Waals surface area contributed by atoms with E-state index in [1.54, 1.807) is 17.0 Å². The van der Waals surface area contributed by atoms with Gasteiger partial charge in [0.2, 0.25) is 5.91 Å². The maximum absolute atomic E-state index is 13.4. The highest BCUT2D eigenvalue weighted by Gasteiger charge is 2.50. The fourth-order valence-electron chi connectivity index (χ4n) is 4.24. The Morgan fingerprint density at radius 2 is 1.81 bits per heavy atom. The zero-order valence-electron chi connectivity index (χ0n) is 17.7. The third-order valence-electron chi connectivity index (χ3n) is 5.81. The number of carbonyl (C=O) groups is 2. The largest absolute Gasteiger partial charge is 0.361 e. The van der Waals surface area contributed by atoms with Gasteiger partial charge in [0.05, 0.1) is 0 Å². The summed E-state index contributed by atoms with van der Waals surface area (Å²) in [4.78, 5) is 28.5.